The Morgan fingerprint density at radius 2 is 2.00 bits per heavy atom. The summed E-state index contributed by atoms with van der Waals surface area (Å²) < 4.78 is 23.7. The molecule has 1 saturated carbocycles. The molecule has 3 aliphatic rings. The van der Waals surface area contributed by atoms with Gasteiger partial charge in [0.2, 0.25) is 0 Å². The minimum atomic E-state index is -0.363. The number of benzene rings is 1. The monoisotopic (exact) mass is 439 g/mol. The van der Waals surface area contributed by atoms with Crippen molar-refractivity contribution < 1.29 is 18.6 Å². The van der Waals surface area contributed by atoms with E-state index in [1.54, 1.807) is 6.26 Å². The van der Waals surface area contributed by atoms with Gasteiger partial charge >= 0.3 is 0 Å². The molecule has 32 heavy (non-hydrogen) atoms. The van der Waals surface area contributed by atoms with Crippen molar-refractivity contribution in [2.24, 2.45) is 4.99 Å². The average molecular weight is 440 g/mol. The molecule has 1 aliphatic carbocycles. The van der Waals surface area contributed by atoms with E-state index < -0.39 is 0 Å². The van der Waals surface area contributed by atoms with Crippen molar-refractivity contribution >= 4 is 5.96 Å². The Labute approximate surface area is 189 Å². The van der Waals surface area contributed by atoms with Crippen LogP contribution in [0.1, 0.15) is 55.9 Å². The zero-order valence-electron chi connectivity index (χ0n) is 18.6. The SMILES string of the molecule is c1coc(CCNC(=NCC2COC3(CCCCC3)O2)NC2CCOc3ccccc32)c1. The smallest absolute Gasteiger partial charge is 0.191 e. The maximum Gasteiger partial charge on any atom is 0.191 e. The van der Waals surface area contributed by atoms with Gasteiger partial charge in [-0.3, -0.25) is 4.99 Å². The maximum atomic E-state index is 6.33. The number of furan rings is 1. The molecule has 1 aromatic heterocycles. The second kappa shape index (κ2) is 9.96. The van der Waals surface area contributed by atoms with Gasteiger partial charge in [0.05, 0.1) is 32.1 Å². The lowest BCUT2D eigenvalue weighted by Crippen LogP contribution is -2.42. The van der Waals surface area contributed by atoms with Crippen LogP contribution >= 0.6 is 0 Å². The summed E-state index contributed by atoms with van der Waals surface area (Å²) in [5, 5.41) is 7.09. The van der Waals surface area contributed by atoms with E-state index in [9.17, 15) is 0 Å². The third kappa shape index (κ3) is 5.10. The van der Waals surface area contributed by atoms with Gasteiger partial charge in [-0.1, -0.05) is 24.6 Å². The zero-order chi connectivity index (χ0) is 21.6. The van der Waals surface area contributed by atoms with Crippen molar-refractivity contribution in [3.63, 3.8) is 0 Å². The van der Waals surface area contributed by atoms with Crippen LogP contribution in [0.3, 0.4) is 0 Å². The van der Waals surface area contributed by atoms with E-state index in [4.69, 9.17) is 23.6 Å². The van der Waals surface area contributed by atoms with Gasteiger partial charge in [0.25, 0.3) is 0 Å². The molecule has 2 aromatic rings. The van der Waals surface area contributed by atoms with Crippen LogP contribution < -0.4 is 15.4 Å². The molecular weight excluding hydrogens is 406 g/mol. The van der Waals surface area contributed by atoms with E-state index >= 15 is 0 Å². The van der Waals surface area contributed by atoms with Gasteiger partial charge in [-0.05, 0) is 31.0 Å². The first-order valence-electron chi connectivity index (χ1n) is 11.9. The lowest BCUT2D eigenvalue weighted by atomic mass is 9.94. The Morgan fingerprint density at radius 3 is 2.88 bits per heavy atom. The van der Waals surface area contributed by atoms with Gasteiger partial charge < -0.3 is 29.3 Å². The van der Waals surface area contributed by atoms with Crippen LogP contribution in [0, 0.1) is 0 Å². The van der Waals surface area contributed by atoms with Gasteiger partial charge in [0.15, 0.2) is 11.7 Å². The number of nitrogens with zero attached hydrogens (tertiary/aromatic N) is 1. The van der Waals surface area contributed by atoms with Gasteiger partial charge in [-0.2, -0.15) is 0 Å². The Hall–Kier alpha value is -2.51. The summed E-state index contributed by atoms with van der Waals surface area (Å²) in [7, 11) is 0. The second-order valence-corrected chi connectivity index (χ2v) is 8.84. The van der Waals surface area contributed by atoms with Crippen molar-refractivity contribution in [2.45, 2.75) is 62.9 Å². The molecule has 0 amide bonds. The minimum absolute atomic E-state index is 0.00116. The molecule has 2 atom stereocenters. The molecule has 1 aromatic carbocycles. The zero-order valence-corrected chi connectivity index (χ0v) is 18.6. The van der Waals surface area contributed by atoms with Gasteiger partial charge in [-0.25, -0.2) is 0 Å². The first-order valence-corrected chi connectivity index (χ1v) is 11.9. The van der Waals surface area contributed by atoms with Gasteiger partial charge in [0.1, 0.15) is 17.6 Å². The summed E-state index contributed by atoms with van der Waals surface area (Å²) in [5.41, 5.74) is 1.17. The van der Waals surface area contributed by atoms with E-state index in [2.05, 4.69) is 22.8 Å². The van der Waals surface area contributed by atoms with Crippen molar-refractivity contribution in [3.05, 3.63) is 54.0 Å². The predicted octanol–water partition coefficient (Wildman–Crippen LogP) is 3.96. The number of rotatable bonds is 6. The van der Waals surface area contributed by atoms with Crippen molar-refractivity contribution in [1.29, 1.82) is 0 Å². The molecule has 7 heteroatoms. The number of nitrogens with one attached hydrogen (secondary N) is 2. The quantitative estimate of drug-likeness (QED) is 0.524. The molecule has 2 fully saturated rings. The maximum absolute atomic E-state index is 6.33. The fourth-order valence-corrected chi connectivity index (χ4v) is 4.82. The molecule has 2 unspecified atom stereocenters. The Balaban J connectivity index is 1.24. The first-order chi connectivity index (χ1) is 15.8. The number of fused-ring (bicyclic) bond motifs is 1. The highest BCUT2D eigenvalue weighted by Crippen LogP contribution is 2.37. The molecule has 7 nitrogen and oxygen atoms in total. The Kier molecular flexibility index (Phi) is 6.64. The third-order valence-electron chi connectivity index (χ3n) is 6.50. The van der Waals surface area contributed by atoms with Crippen LogP contribution in [0.5, 0.6) is 5.75 Å². The van der Waals surface area contributed by atoms with E-state index in [-0.39, 0.29) is 17.9 Å². The first kappa shape index (κ1) is 21.3. The molecular formula is C25H33N3O4. The summed E-state index contributed by atoms with van der Waals surface area (Å²) in [5.74, 6) is 2.32. The lowest BCUT2D eigenvalue weighted by Gasteiger charge is -2.31. The van der Waals surface area contributed by atoms with E-state index in [0.29, 0.717) is 19.8 Å². The average Bonchev–Trinajstić information content (AvgIpc) is 3.48. The number of hydrogen-bond donors (Lipinski definition) is 2. The number of aliphatic imine (C=N–C) groups is 1. The van der Waals surface area contributed by atoms with Gasteiger partial charge in [0, 0.05) is 37.8 Å². The molecule has 2 aliphatic heterocycles. The number of guanidine groups is 1. The Bertz CT molecular complexity index is 892. The highest BCUT2D eigenvalue weighted by molar-refractivity contribution is 5.80. The number of hydrogen-bond acceptors (Lipinski definition) is 5. The molecule has 2 N–H and O–H groups in total. The van der Waals surface area contributed by atoms with Gasteiger partial charge in [-0.15, -0.1) is 0 Å². The van der Waals surface area contributed by atoms with E-state index in [1.165, 1.54) is 24.8 Å². The van der Waals surface area contributed by atoms with Crippen LogP contribution in [-0.4, -0.2) is 44.2 Å². The fourth-order valence-electron chi connectivity index (χ4n) is 4.82. The second-order valence-electron chi connectivity index (χ2n) is 8.84. The summed E-state index contributed by atoms with van der Waals surface area (Å²) in [6, 6.07) is 12.3. The standard InChI is InChI=1S/C25H33N3O4/c1-4-12-25(13-5-1)31-18-20(32-25)17-27-24(26-14-10-19-7-6-15-29-19)28-22-11-16-30-23-9-3-2-8-21(22)23/h2-3,6-9,15,20,22H,1,4-5,10-14,16-18H2,(H2,26,27,28). The summed E-state index contributed by atoms with van der Waals surface area (Å²) >= 11 is 0. The van der Waals surface area contributed by atoms with Crippen molar-refractivity contribution in [2.75, 3.05) is 26.3 Å². The molecule has 0 bridgehead atoms. The molecule has 1 spiro atoms. The summed E-state index contributed by atoms with van der Waals surface area (Å²) in [4.78, 5) is 4.89. The number of ether oxygens (including phenoxy) is 3. The van der Waals surface area contributed by atoms with Crippen LogP contribution in [0.25, 0.3) is 0 Å². The molecule has 0 radical (unpaired) electrons. The van der Waals surface area contributed by atoms with Crippen molar-refractivity contribution in [3.8, 4) is 5.75 Å². The van der Waals surface area contributed by atoms with Crippen molar-refractivity contribution in [1.82, 2.24) is 10.6 Å². The molecule has 172 valence electrons. The van der Waals surface area contributed by atoms with E-state index in [1.807, 2.05) is 24.3 Å². The fraction of sp³-hybridized carbons (Fsp3) is 0.560. The third-order valence-corrected chi connectivity index (χ3v) is 6.50. The van der Waals surface area contributed by atoms with Crippen LogP contribution in [0.15, 0.2) is 52.1 Å². The normalized spacial score (nSPS) is 24.7. The Morgan fingerprint density at radius 1 is 1.09 bits per heavy atom. The minimum Gasteiger partial charge on any atom is -0.493 e. The van der Waals surface area contributed by atoms with Crippen LogP contribution in [-0.2, 0) is 15.9 Å². The molecule has 3 heterocycles. The highest BCUT2D eigenvalue weighted by atomic mass is 16.7. The summed E-state index contributed by atoms with van der Waals surface area (Å²) in [6.45, 7) is 2.61. The number of para-hydroxylation sites is 1. The van der Waals surface area contributed by atoms with Crippen LogP contribution in [0.4, 0.5) is 0 Å². The highest BCUT2D eigenvalue weighted by Gasteiger charge is 2.42. The topological polar surface area (TPSA) is 77.3 Å². The largest absolute Gasteiger partial charge is 0.493 e. The predicted molar refractivity (Wildman–Crippen MR) is 122 cm³/mol. The summed E-state index contributed by atoms with van der Waals surface area (Å²) in [6.07, 6.45) is 9.03. The lowest BCUT2D eigenvalue weighted by molar-refractivity contribution is -0.186. The molecule has 5 rings (SSSR count). The van der Waals surface area contributed by atoms with Crippen LogP contribution in [0.2, 0.25) is 0 Å². The molecule has 1 saturated heterocycles. The van der Waals surface area contributed by atoms with E-state index in [0.717, 1.165) is 49.7 Å².